The first-order valence-electron chi connectivity index (χ1n) is 9.87. The second-order valence-electron chi connectivity index (χ2n) is 7.17. The molecule has 148 valence electrons. The Morgan fingerprint density at radius 2 is 1.82 bits per heavy atom. The highest BCUT2D eigenvalue weighted by atomic mass is 32.2. The van der Waals surface area contributed by atoms with Crippen LogP contribution in [0.25, 0.3) is 0 Å². The molecule has 2 aliphatic rings. The molecule has 0 spiro atoms. The molecule has 1 saturated heterocycles. The molecule has 28 heavy (non-hydrogen) atoms. The Kier molecular flexibility index (Phi) is 6.20. The van der Waals surface area contributed by atoms with Crippen molar-refractivity contribution in [1.29, 1.82) is 0 Å². The fourth-order valence-corrected chi connectivity index (χ4v) is 4.27. The smallest absolute Gasteiger partial charge is 0.257 e. The Balaban J connectivity index is 1.53. The van der Waals surface area contributed by atoms with E-state index in [1.165, 1.54) is 4.90 Å². The van der Waals surface area contributed by atoms with E-state index in [1.807, 2.05) is 29.2 Å². The van der Waals surface area contributed by atoms with Crippen LogP contribution in [0.15, 0.2) is 53.4 Å². The van der Waals surface area contributed by atoms with E-state index in [0.29, 0.717) is 0 Å². The van der Waals surface area contributed by atoms with Crippen LogP contribution in [0.1, 0.15) is 28.5 Å². The van der Waals surface area contributed by atoms with E-state index < -0.39 is 0 Å². The SMILES string of the molecule is CSc1ccc([C@@H]2Nc3ccccc3C(=O)N2CCCN2CCOCC2)cc1. The number of morpholine rings is 1. The maximum atomic E-state index is 13.3. The summed E-state index contributed by atoms with van der Waals surface area (Å²) in [5.74, 6) is 0.107. The molecule has 1 fully saturated rings. The number of nitrogens with zero attached hydrogens (tertiary/aromatic N) is 2. The third kappa shape index (κ3) is 4.19. The molecule has 0 saturated carbocycles. The van der Waals surface area contributed by atoms with Crippen molar-refractivity contribution in [3.63, 3.8) is 0 Å². The summed E-state index contributed by atoms with van der Waals surface area (Å²) in [6.45, 7) is 5.30. The lowest BCUT2D eigenvalue weighted by Gasteiger charge is -2.38. The average molecular weight is 398 g/mol. The van der Waals surface area contributed by atoms with Crippen LogP contribution in [-0.2, 0) is 4.74 Å². The van der Waals surface area contributed by atoms with Gasteiger partial charge in [0.05, 0.1) is 18.8 Å². The zero-order valence-corrected chi connectivity index (χ0v) is 17.1. The number of amides is 1. The summed E-state index contributed by atoms with van der Waals surface area (Å²) in [5, 5.41) is 3.58. The molecule has 0 bridgehead atoms. The largest absolute Gasteiger partial charge is 0.379 e. The maximum absolute atomic E-state index is 13.3. The summed E-state index contributed by atoms with van der Waals surface area (Å²) in [6, 6.07) is 16.3. The van der Waals surface area contributed by atoms with Crippen molar-refractivity contribution in [2.24, 2.45) is 0 Å². The third-order valence-electron chi connectivity index (χ3n) is 5.43. The number of fused-ring (bicyclic) bond motifs is 1. The summed E-state index contributed by atoms with van der Waals surface area (Å²) in [4.78, 5) is 18.9. The van der Waals surface area contributed by atoms with Gasteiger partial charge in [-0.2, -0.15) is 0 Å². The van der Waals surface area contributed by atoms with Gasteiger partial charge in [-0.15, -0.1) is 11.8 Å². The van der Waals surface area contributed by atoms with Crippen LogP contribution in [0.5, 0.6) is 0 Å². The predicted molar refractivity (Wildman–Crippen MR) is 114 cm³/mol. The van der Waals surface area contributed by atoms with E-state index in [2.05, 4.69) is 40.7 Å². The van der Waals surface area contributed by atoms with Crippen molar-refractivity contribution in [2.45, 2.75) is 17.5 Å². The second kappa shape index (κ2) is 8.99. The Hall–Kier alpha value is -2.02. The number of anilines is 1. The number of rotatable bonds is 6. The van der Waals surface area contributed by atoms with Crippen LogP contribution < -0.4 is 5.32 Å². The summed E-state index contributed by atoms with van der Waals surface area (Å²) < 4.78 is 5.43. The van der Waals surface area contributed by atoms with Crippen LogP contribution in [-0.4, -0.2) is 61.4 Å². The molecule has 0 aliphatic carbocycles. The average Bonchev–Trinajstić information content (AvgIpc) is 2.76. The van der Waals surface area contributed by atoms with Crippen molar-refractivity contribution in [3.05, 3.63) is 59.7 Å². The van der Waals surface area contributed by atoms with Gasteiger partial charge in [0.25, 0.3) is 5.91 Å². The highest BCUT2D eigenvalue weighted by Gasteiger charge is 2.32. The molecule has 2 aromatic carbocycles. The molecular formula is C22H27N3O2S. The minimum Gasteiger partial charge on any atom is -0.379 e. The van der Waals surface area contributed by atoms with Crippen molar-refractivity contribution >= 4 is 23.4 Å². The Bertz CT molecular complexity index is 806. The Labute approximate surface area is 171 Å². The molecule has 0 radical (unpaired) electrons. The Morgan fingerprint density at radius 1 is 1.07 bits per heavy atom. The van der Waals surface area contributed by atoms with E-state index in [9.17, 15) is 4.79 Å². The maximum Gasteiger partial charge on any atom is 0.257 e. The molecule has 1 N–H and O–H groups in total. The first kappa shape index (κ1) is 19.3. The predicted octanol–water partition coefficient (Wildman–Crippen LogP) is 3.70. The van der Waals surface area contributed by atoms with Crippen LogP contribution in [0.3, 0.4) is 0 Å². The minimum atomic E-state index is -0.136. The standard InChI is InChI=1S/C22H27N3O2S/c1-28-18-9-7-17(8-10-18)21-23-20-6-3-2-5-19(20)22(26)25(21)12-4-11-24-13-15-27-16-14-24/h2-3,5-10,21,23H,4,11-16H2,1H3/t21-/m1/s1. The number of ether oxygens (including phenoxy) is 1. The van der Waals surface area contributed by atoms with Gasteiger partial charge < -0.3 is 15.0 Å². The molecule has 1 amide bonds. The van der Waals surface area contributed by atoms with Crippen LogP contribution in [0, 0.1) is 0 Å². The molecule has 2 aliphatic heterocycles. The van der Waals surface area contributed by atoms with E-state index >= 15 is 0 Å². The van der Waals surface area contributed by atoms with Crippen molar-refractivity contribution < 1.29 is 9.53 Å². The van der Waals surface area contributed by atoms with Crippen molar-refractivity contribution in [2.75, 3.05) is 51.0 Å². The summed E-state index contributed by atoms with van der Waals surface area (Å²) in [5.41, 5.74) is 2.79. The number of hydrogen-bond acceptors (Lipinski definition) is 5. The van der Waals surface area contributed by atoms with Gasteiger partial charge in [0, 0.05) is 36.8 Å². The number of para-hydroxylation sites is 1. The second-order valence-corrected chi connectivity index (χ2v) is 8.05. The van der Waals surface area contributed by atoms with E-state index in [-0.39, 0.29) is 12.1 Å². The van der Waals surface area contributed by atoms with Crippen molar-refractivity contribution in [3.8, 4) is 0 Å². The zero-order valence-electron chi connectivity index (χ0n) is 16.3. The van der Waals surface area contributed by atoms with E-state index in [0.717, 1.165) is 62.6 Å². The van der Waals surface area contributed by atoms with Gasteiger partial charge in [0.1, 0.15) is 6.17 Å². The number of carbonyl (C=O) groups is 1. The molecule has 4 rings (SSSR count). The number of nitrogens with one attached hydrogen (secondary N) is 1. The first-order chi connectivity index (χ1) is 13.8. The van der Waals surface area contributed by atoms with Crippen LogP contribution >= 0.6 is 11.8 Å². The van der Waals surface area contributed by atoms with Gasteiger partial charge in [-0.25, -0.2) is 0 Å². The normalized spacial score (nSPS) is 20.0. The summed E-state index contributed by atoms with van der Waals surface area (Å²) in [6.07, 6.45) is 2.89. The summed E-state index contributed by atoms with van der Waals surface area (Å²) >= 11 is 1.73. The first-order valence-corrected chi connectivity index (χ1v) is 11.1. The molecule has 2 heterocycles. The molecule has 0 unspecified atom stereocenters. The molecule has 6 heteroatoms. The lowest BCUT2D eigenvalue weighted by molar-refractivity contribution is 0.0348. The Morgan fingerprint density at radius 3 is 2.57 bits per heavy atom. The molecule has 0 aromatic heterocycles. The van der Waals surface area contributed by atoms with Crippen LogP contribution in [0.4, 0.5) is 5.69 Å². The quantitative estimate of drug-likeness (QED) is 0.753. The molecule has 1 atom stereocenters. The number of carbonyl (C=O) groups excluding carboxylic acids is 1. The van der Waals surface area contributed by atoms with Gasteiger partial charge in [0.15, 0.2) is 0 Å². The fourth-order valence-electron chi connectivity index (χ4n) is 3.86. The highest BCUT2D eigenvalue weighted by Crippen LogP contribution is 2.33. The van der Waals surface area contributed by atoms with Gasteiger partial charge in [-0.05, 0) is 42.5 Å². The lowest BCUT2D eigenvalue weighted by atomic mass is 10.0. The zero-order chi connectivity index (χ0) is 19.3. The van der Waals surface area contributed by atoms with Gasteiger partial charge in [-0.1, -0.05) is 24.3 Å². The lowest BCUT2D eigenvalue weighted by Crippen LogP contribution is -2.44. The topological polar surface area (TPSA) is 44.8 Å². The third-order valence-corrected chi connectivity index (χ3v) is 6.17. The minimum absolute atomic E-state index is 0.107. The monoisotopic (exact) mass is 397 g/mol. The highest BCUT2D eigenvalue weighted by molar-refractivity contribution is 7.98. The number of thioether (sulfide) groups is 1. The van der Waals surface area contributed by atoms with Crippen molar-refractivity contribution in [1.82, 2.24) is 9.80 Å². The van der Waals surface area contributed by atoms with E-state index in [1.54, 1.807) is 11.8 Å². The fraction of sp³-hybridized carbons (Fsp3) is 0.409. The summed E-state index contributed by atoms with van der Waals surface area (Å²) in [7, 11) is 0. The van der Waals surface area contributed by atoms with Gasteiger partial charge in [-0.3, -0.25) is 9.69 Å². The molecular weight excluding hydrogens is 370 g/mol. The van der Waals surface area contributed by atoms with Crippen LogP contribution in [0.2, 0.25) is 0 Å². The number of benzene rings is 2. The number of hydrogen-bond donors (Lipinski definition) is 1. The van der Waals surface area contributed by atoms with E-state index in [4.69, 9.17) is 4.74 Å². The molecule has 2 aromatic rings. The van der Waals surface area contributed by atoms with Gasteiger partial charge >= 0.3 is 0 Å². The van der Waals surface area contributed by atoms with Gasteiger partial charge in [0.2, 0.25) is 0 Å². The molecule has 5 nitrogen and oxygen atoms in total.